The van der Waals surface area contributed by atoms with Crippen LogP contribution in [0.15, 0.2) is 265 Å². The number of para-hydroxylation sites is 1. The Morgan fingerprint density at radius 1 is 0.284 bits per heavy atom. The summed E-state index contributed by atoms with van der Waals surface area (Å²) in [4.78, 5) is 2.41. The predicted molar refractivity (Wildman–Crippen MR) is 280 cm³/mol. The third-order valence-corrected chi connectivity index (χ3v) is 14.0. The van der Waals surface area contributed by atoms with Crippen LogP contribution in [0, 0.1) is 0 Å². The molecule has 2 heteroatoms. The molecule has 1 heterocycles. The SMILES string of the molecule is c1ccc(C2(c3ccccc3)c3ccccc3-c3ccc(N(c4ccc(-c5cccc(-c6cccc7ccccc67)c5)cc4)c4ccc(-c5ccc6oc7ccccc7c6c5)cc4)cc32)cc1. The lowest BCUT2D eigenvalue weighted by Gasteiger charge is -2.35. The van der Waals surface area contributed by atoms with Gasteiger partial charge in [-0.25, -0.2) is 0 Å². The van der Waals surface area contributed by atoms with E-state index in [1.165, 1.54) is 66.4 Å². The van der Waals surface area contributed by atoms with Crippen LogP contribution in [-0.4, -0.2) is 0 Å². The monoisotopic (exact) mass is 853 g/mol. The Hall–Kier alpha value is -8.72. The zero-order valence-corrected chi connectivity index (χ0v) is 36.7. The molecule has 0 saturated carbocycles. The first-order valence-corrected chi connectivity index (χ1v) is 23.1. The Morgan fingerprint density at radius 2 is 0.806 bits per heavy atom. The second-order valence-electron chi connectivity index (χ2n) is 17.6. The van der Waals surface area contributed by atoms with Crippen LogP contribution in [0.3, 0.4) is 0 Å². The van der Waals surface area contributed by atoms with Crippen molar-refractivity contribution in [3.05, 3.63) is 283 Å². The number of fused-ring (bicyclic) bond motifs is 7. The Balaban J connectivity index is 0.956. The molecule has 13 rings (SSSR count). The van der Waals surface area contributed by atoms with Crippen LogP contribution in [0.25, 0.3) is 77.2 Å². The molecule has 0 aliphatic heterocycles. The van der Waals surface area contributed by atoms with Crippen LogP contribution < -0.4 is 4.90 Å². The summed E-state index contributed by atoms with van der Waals surface area (Å²) in [7, 11) is 0. The highest BCUT2D eigenvalue weighted by atomic mass is 16.3. The Labute approximate surface area is 390 Å². The van der Waals surface area contributed by atoms with Gasteiger partial charge in [0, 0.05) is 27.8 Å². The van der Waals surface area contributed by atoms with Gasteiger partial charge in [0.1, 0.15) is 11.2 Å². The Morgan fingerprint density at radius 3 is 1.55 bits per heavy atom. The van der Waals surface area contributed by atoms with Gasteiger partial charge in [-0.2, -0.15) is 0 Å². The van der Waals surface area contributed by atoms with E-state index in [0.717, 1.165) is 50.1 Å². The van der Waals surface area contributed by atoms with Gasteiger partial charge >= 0.3 is 0 Å². The first-order chi connectivity index (χ1) is 33.2. The van der Waals surface area contributed by atoms with E-state index in [1.54, 1.807) is 0 Å². The van der Waals surface area contributed by atoms with Crippen LogP contribution >= 0.6 is 0 Å². The van der Waals surface area contributed by atoms with Crippen molar-refractivity contribution in [2.45, 2.75) is 5.41 Å². The quantitative estimate of drug-likeness (QED) is 0.151. The molecule has 0 spiro atoms. The maximum atomic E-state index is 6.19. The zero-order chi connectivity index (χ0) is 44.3. The van der Waals surface area contributed by atoms with E-state index < -0.39 is 5.41 Å². The lowest BCUT2D eigenvalue weighted by atomic mass is 9.67. The average Bonchev–Trinajstić information content (AvgIpc) is 3.93. The molecule has 0 N–H and O–H groups in total. The normalized spacial score (nSPS) is 12.6. The lowest BCUT2D eigenvalue weighted by molar-refractivity contribution is 0.669. The topological polar surface area (TPSA) is 16.4 Å². The van der Waals surface area contributed by atoms with Crippen LogP contribution in [0.5, 0.6) is 0 Å². The van der Waals surface area contributed by atoms with Crippen LogP contribution in [0.4, 0.5) is 17.1 Å². The van der Waals surface area contributed by atoms with Gasteiger partial charge in [-0.15, -0.1) is 0 Å². The second-order valence-corrected chi connectivity index (χ2v) is 17.6. The van der Waals surface area contributed by atoms with Crippen molar-refractivity contribution in [1.29, 1.82) is 0 Å². The first-order valence-electron chi connectivity index (χ1n) is 23.1. The Kier molecular flexibility index (Phi) is 9.11. The smallest absolute Gasteiger partial charge is 0.135 e. The molecule has 1 aliphatic rings. The summed E-state index contributed by atoms with van der Waals surface area (Å²) in [5.74, 6) is 0. The van der Waals surface area contributed by atoms with Crippen molar-refractivity contribution in [3.63, 3.8) is 0 Å². The van der Waals surface area contributed by atoms with Crippen LogP contribution in [-0.2, 0) is 5.41 Å². The molecule has 0 bridgehead atoms. The lowest BCUT2D eigenvalue weighted by Crippen LogP contribution is -2.28. The summed E-state index contributed by atoms with van der Waals surface area (Å²) in [6.07, 6.45) is 0. The van der Waals surface area contributed by atoms with Crippen LogP contribution in [0.1, 0.15) is 22.3 Å². The third-order valence-electron chi connectivity index (χ3n) is 14.0. The van der Waals surface area contributed by atoms with Gasteiger partial charge in [0.2, 0.25) is 0 Å². The van der Waals surface area contributed by atoms with E-state index >= 15 is 0 Å². The van der Waals surface area contributed by atoms with Gasteiger partial charge in [-0.1, -0.05) is 200 Å². The highest BCUT2D eigenvalue weighted by molar-refractivity contribution is 6.06. The number of hydrogen-bond acceptors (Lipinski definition) is 2. The maximum absolute atomic E-state index is 6.19. The number of hydrogen-bond donors (Lipinski definition) is 0. The first kappa shape index (κ1) is 38.7. The zero-order valence-electron chi connectivity index (χ0n) is 36.7. The molecule has 0 saturated heterocycles. The van der Waals surface area contributed by atoms with Gasteiger partial charge < -0.3 is 9.32 Å². The van der Waals surface area contributed by atoms with Crippen LogP contribution in [0.2, 0.25) is 0 Å². The second kappa shape index (κ2) is 15.8. The van der Waals surface area contributed by atoms with E-state index in [2.05, 4.69) is 254 Å². The molecule has 1 aromatic heterocycles. The highest BCUT2D eigenvalue weighted by Crippen LogP contribution is 2.57. The summed E-state index contributed by atoms with van der Waals surface area (Å²) in [6.45, 7) is 0. The number of rotatable bonds is 8. The largest absolute Gasteiger partial charge is 0.456 e. The maximum Gasteiger partial charge on any atom is 0.135 e. The average molecular weight is 854 g/mol. The summed E-state index contributed by atoms with van der Waals surface area (Å²) in [5, 5.41) is 4.76. The molecule has 0 unspecified atom stereocenters. The molecule has 314 valence electrons. The number of benzene rings is 11. The van der Waals surface area contributed by atoms with Crippen molar-refractivity contribution in [2.24, 2.45) is 0 Å². The molecule has 67 heavy (non-hydrogen) atoms. The van der Waals surface area contributed by atoms with Crippen molar-refractivity contribution < 1.29 is 4.42 Å². The van der Waals surface area contributed by atoms with E-state index in [9.17, 15) is 0 Å². The van der Waals surface area contributed by atoms with Gasteiger partial charge in [0.05, 0.1) is 5.41 Å². The number of nitrogens with zero attached hydrogens (tertiary/aromatic N) is 1. The predicted octanol–water partition coefficient (Wildman–Crippen LogP) is 17.6. The summed E-state index contributed by atoms with van der Waals surface area (Å²) >= 11 is 0. The minimum absolute atomic E-state index is 0.519. The molecule has 0 atom stereocenters. The van der Waals surface area contributed by atoms with Gasteiger partial charge in [-0.05, 0) is 138 Å². The van der Waals surface area contributed by atoms with Gasteiger partial charge in [0.25, 0.3) is 0 Å². The fourth-order valence-electron chi connectivity index (χ4n) is 10.9. The standard InChI is InChI=1S/C65H43NO/c1-3-19-50(20-4-1)65(51-21-5-2-6-22-51)61-27-11-9-24-57(61)58-39-38-54(43-62(58)65)66(53-36-31-45(32-37-53)48-33-40-64-60(42-48)59-25-10-12-28-63(59)67-64)52-34-29-44(30-35-52)47-17-13-18-49(41-47)56-26-14-16-46-15-7-8-23-55(46)56/h1-43H. The third kappa shape index (κ3) is 6.33. The van der Waals surface area contributed by atoms with Gasteiger partial charge in [-0.3, -0.25) is 0 Å². The molecule has 0 amide bonds. The molecule has 2 nitrogen and oxygen atoms in total. The van der Waals surface area contributed by atoms with Crippen molar-refractivity contribution in [2.75, 3.05) is 4.90 Å². The number of anilines is 3. The van der Waals surface area contributed by atoms with E-state index in [0.29, 0.717) is 0 Å². The number of furan rings is 1. The summed E-state index contributed by atoms with van der Waals surface area (Å²) < 4.78 is 6.19. The summed E-state index contributed by atoms with van der Waals surface area (Å²) in [6, 6.07) is 95.2. The minimum atomic E-state index is -0.519. The van der Waals surface area contributed by atoms with Gasteiger partial charge in [0.15, 0.2) is 0 Å². The molecule has 12 aromatic rings. The fraction of sp³-hybridized carbons (Fsp3) is 0.0154. The molecule has 11 aromatic carbocycles. The molecule has 0 fully saturated rings. The van der Waals surface area contributed by atoms with E-state index in [1.807, 2.05) is 12.1 Å². The van der Waals surface area contributed by atoms with E-state index in [-0.39, 0.29) is 0 Å². The molecule has 1 aliphatic carbocycles. The van der Waals surface area contributed by atoms with E-state index in [4.69, 9.17) is 4.42 Å². The fourth-order valence-corrected chi connectivity index (χ4v) is 10.9. The van der Waals surface area contributed by atoms with Crippen molar-refractivity contribution >= 4 is 49.8 Å². The van der Waals surface area contributed by atoms with Crippen molar-refractivity contribution in [1.82, 2.24) is 0 Å². The molecule has 0 radical (unpaired) electrons. The van der Waals surface area contributed by atoms with Crippen molar-refractivity contribution in [3.8, 4) is 44.5 Å². The minimum Gasteiger partial charge on any atom is -0.456 e. The Bertz CT molecular complexity index is 3750. The highest BCUT2D eigenvalue weighted by Gasteiger charge is 2.46. The summed E-state index contributed by atoms with van der Waals surface area (Å²) in [5.41, 5.74) is 19.2. The molecular formula is C65H43NO. The molecular weight excluding hydrogens is 811 g/mol.